The van der Waals surface area contributed by atoms with E-state index in [2.05, 4.69) is 62.0 Å². The van der Waals surface area contributed by atoms with Crippen LogP contribution in [0.25, 0.3) is 11.4 Å². The highest BCUT2D eigenvalue weighted by Crippen LogP contribution is 2.30. The number of anilines is 1. The van der Waals surface area contributed by atoms with Crippen molar-refractivity contribution in [1.82, 2.24) is 24.3 Å². The second kappa shape index (κ2) is 8.09. The highest BCUT2D eigenvalue weighted by molar-refractivity contribution is 7.15. The van der Waals surface area contributed by atoms with Crippen LogP contribution in [0.15, 0.2) is 85.8 Å². The van der Waals surface area contributed by atoms with Crippen LogP contribution in [-0.2, 0) is 19.4 Å². The first kappa shape index (κ1) is 19.0. The predicted octanol–water partition coefficient (Wildman–Crippen LogP) is 4.67. The summed E-state index contributed by atoms with van der Waals surface area (Å²) in [5, 5.41) is 5.40. The fourth-order valence-corrected chi connectivity index (χ4v) is 5.16. The van der Waals surface area contributed by atoms with Gasteiger partial charge in [0, 0.05) is 61.1 Å². The summed E-state index contributed by atoms with van der Waals surface area (Å²) in [6.45, 7) is 1.90. The molecule has 2 aromatic carbocycles. The average molecular weight is 439 g/mol. The van der Waals surface area contributed by atoms with E-state index in [0.29, 0.717) is 0 Å². The van der Waals surface area contributed by atoms with Gasteiger partial charge in [0.2, 0.25) is 0 Å². The van der Waals surface area contributed by atoms with Crippen molar-refractivity contribution in [2.75, 3.05) is 11.4 Å². The summed E-state index contributed by atoms with van der Waals surface area (Å²) in [7, 11) is 0. The average Bonchev–Trinajstić information content (AvgIpc) is 3.62. The molecule has 7 heteroatoms. The molecule has 0 saturated heterocycles. The Morgan fingerprint density at radius 1 is 0.938 bits per heavy atom. The van der Waals surface area contributed by atoms with Gasteiger partial charge in [-0.2, -0.15) is 5.10 Å². The molecular formula is C25H22N6S. The molecule has 6 rings (SSSR count). The molecule has 0 atom stereocenters. The third-order valence-electron chi connectivity index (χ3n) is 5.90. The summed E-state index contributed by atoms with van der Waals surface area (Å²) >= 11 is 1.80. The fraction of sp³-hybridized carbons (Fsp3) is 0.160. The topological polar surface area (TPSA) is 51.8 Å². The summed E-state index contributed by atoms with van der Waals surface area (Å²) in [5.41, 5.74) is 6.33. The molecule has 1 aliphatic heterocycles. The molecular weight excluding hydrogens is 416 g/mol. The van der Waals surface area contributed by atoms with Crippen LogP contribution in [0.5, 0.6) is 0 Å². The van der Waals surface area contributed by atoms with Crippen LogP contribution in [0.4, 0.5) is 5.13 Å². The second-order valence-corrected chi connectivity index (χ2v) is 9.09. The zero-order valence-corrected chi connectivity index (χ0v) is 18.3. The Morgan fingerprint density at radius 3 is 2.66 bits per heavy atom. The van der Waals surface area contributed by atoms with Crippen molar-refractivity contribution in [3.8, 4) is 11.4 Å². The molecule has 0 fully saturated rings. The summed E-state index contributed by atoms with van der Waals surface area (Å²) in [6, 6.07) is 17.2. The molecule has 0 radical (unpaired) electrons. The number of benzene rings is 2. The minimum Gasteiger partial charge on any atom is -0.343 e. The van der Waals surface area contributed by atoms with Crippen molar-refractivity contribution in [3.63, 3.8) is 0 Å². The number of imidazole rings is 1. The van der Waals surface area contributed by atoms with E-state index in [9.17, 15) is 0 Å². The van der Waals surface area contributed by atoms with Gasteiger partial charge in [-0.05, 0) is 53.4 Å². The van der Waals surface area contributed by atoms with Gasteiger partial charge in [0.1, 0.15) is 0 Å². The summed E-state index contributed by atoms with van der Waals surface area (Å²) in [4.78, 5) is 12.6. The maximum Gasteiger partial charge on any atom is 0.185 e. The SMILES string of the molecule is c1cnn(-c2ccc(Cc3cnc(N4CCc5cc(-n6ccnc6)ccc5C4)s3)cc2)c1. The van der Waals surface area contributed by atoms with Crippen molar-refractivity contribution >= 4 is 16.5 Å². The van der Waals surface area contributed by atoms with Crippen LogP contribution in [0.2, 0.25) is 0 Å². The van der Waals surface area contributed by atoms with Crippen LogP contribution < -0.4 is 4.90 Å². The van der Waals surface area contributed by atoms with Gasteiger partial charge in [0.15, 0.2) is 5.13 Å². The zero-order valence-electron chi connectivity index (χ0n) is 17.5. The molecule has 0 aliphatic carbocycles. The summed E-state index contributed by atoms with van der Waals surface area (Å²) in [6.07, 6.45) is 13.4. The Labute approximate surface area is 190 Å². The van der Waals surface area contributed by atoms with E-state index in [-0.39, 0.29) is 0 Å². The quantitative estimate of drug-likeness (QED) is 0.400. The van der Waals surface area contributed by atoms with Gasteiger partial charge in [-0.15, -0.1) is 11.3 Å². The maximum atomic E-state index is 4.74. The summed E-state index contributed by atoms with van der Waals surface area (Å²) in [5.74, 6) is 0. The van der Waals surface area contributed by atoms with E-state index in [1.165, 1.54) is 27.3 Å². The zero-order chi connectivity index (χ0) is 21.3. The van der Waals surface area contributed by atoms with Gasteiger partial charge in [0.25, 0.3) is 0 Å². The molecule has 3 aromatic heterocycles. The van der Waals surface area contributed by atoms with Crippen LogP contribution in [0.1, 0.15) is 21.6 Å². The molecule has 32 heavy (non-hydrogen) atoms. The maximum absolute atomic E-state index is 4.74. The van der Waals surface area contributed by atoms with E-state index in [1.54, 1.807) is 17.5 Å². The highest BCUT2D eigenvalue weighted by Gasteiger charge is 2.19. The molecule has 158 valence electrons. The van der Waals surface area contributed by atoms with Crippen LogP contribution >= 0.6 is 11.3 Å². The number of rotatable bonds is 5. The van der Waals surface area contributed by atoms with Gasteiger partial charge in [-0.3, -0.25) is 0 Å². The van der Waals surface area contributed by atoms with Crippen LogP contribution in [-0.4, -0.2) is 30.9 Å². The minimum absolute atomic E-state index is 0.899. The van der Waals surface area contributed by atoms with Crippen molar-refractivity contribution in [2.45, 2.75) is 19.4 Å². The standard InChI is InChI=1S/C25H22N6S/c1-9-28-31(11-1)22-5-2-19(3-6-22)14-24-16-27-25(32-24)29-12-8-20-15-23(7-4-21(20)17-29)30-13-10-26-18-30/h1-7,9-11,13,15-16,18H,8,12,14,17H2. The first-order valence-electron chi connectivity index (χ1n) is 10.7. The van der Waals surface area contributed by atoms with E-state index in [0.717, 1.165) is 36.8 Å². The molecule has 0 spiro atoms. The predicted molar refractivity (Wildman–Crippen MR) is 127 cm³/mol. The van der Waals surface area contributed by atoms with Gasteiger partial charge >= 0.3 is 0 Å². The Bertz CT molecular complexity index is 1320. The molecule has 6 nitrogen and oxygen atoms in total. The number of thiazole rings is 1. The monoisotopic (exact) mass is 438 g/mol. The van der Waals surface area contributed by atoms with Gasteiger partial charge in [-0.25, -0.2) is 14.6 Å². The lowest BCUT2D eigenvalue weighted by molar-refractivity contribution is 0.728. The first-order chi connectivity index (χ1) is 15.8. The molecule has 5 aromatic rings. The Hall–Kier alpha value is -3.71. The minimum atomic E-state index is 0.899. The number of hydrogen-bond donors (Lipinski definition) is 0. The van der Waals surface area contributed by atoms with Crippen molar-refractivity contribution < 1.29 is 0 Å². The molecule has 1 aliphatic rings. The van der Waals surface area contributed by atoms with Crippen LogP contribution in [0.3, 0.4) is 0 Å². The van der Waals surface area contributed by atoms with E-state index >= 15 is 0 Å². The van der Waals surface area contributed by atoms with E-state index < -0.39 is 0 Å². The summed E-state index contributed by atoms with van der Waals surface area (Å²) < 4.78 is 3.93. The largest absolute Gasteiger partial charge is 0.343 e. The van der Waals surface area contributed by atoms with Crippen LogP contribution in [0, 0.1) is 0 Å². The lowest BCUT2D eigenvalue weighted by Gasteiger charge is -2.28. The number of fused-ring (bicyclic) bond motifs is 1. The van der Waals surface area contributed by atoms with E-state index in [4.69, 9.17) is 4.98 Å². The van der Waals surface area contributed by atoms with Crippen molar-refractivity contribution in [3.05, 3.63) is 107 Å². The number of aromatic nitrogens is 5. The van der Waals surface area contributed by atoms with Gasteiger partial charge in [-0.1, -0.05) is 18.2 Å². The second-order valence-electron chi connectivity index (χ2n) is 8.00. The normalized spacial score (nSPS) is 13.3. The molecule has 0 amide bonds. The Balaban J connectivity index is 1.14. The third kappa shape index (κ3) is 3.71. The molecule has 0 N–H and O–H groups in total. The number of nitrogens with zero attached hydrogens (tertiary/aromatic N) is 6. The lowest BCUT2D eigenvalue weighted by Crippen LogP contribution is -2.30. The highest BCUT2D eigenvalue weighted by atomic mass is 32.1. The first-order valence-corrected chi connectivity index (χ1v) is 11.5. The third-order valence-corrected chi connectivity index (χ3v) is 6.96. The fourth-order valence-electron chi connectivity index (χ4n) is 4.19. The smallest absolute Gasteiger partial charge is 0.185 e. The van der Waals surface area contributed by atoms with Gasteiger partial charge in [0.05, 0.1) is 12.0 Å². The Kier molecular flexibility index (Phi) is 4.81. The number of hydrogen-bond acceptors (Lipinski definition) is 5. The van der Waals surface area contributed by atoms with Gasteiger partial charge < -0.3 is 9.47 Å². The van der Waals surface area contributed by atoms with Crippen molar-refractivity contribution in [1.29, 1.82) is 0 Å². The van der Waals surface area contributed by atoms with E-state index in [1.807, 2.05) is 41.9 Å². The molecule has 0 bridgehead atoms. The lowest BCUT2D eigenvalue weighted by atomic mass is 9.99. The molecule has 0 saturated carbocycles. The molecule has 0 unspecified atom stereocenters. The Morgan fingerprint density at radius 2 is 1.84 bits per heavy atom. The molecule has 4 heterocycles. The van der Waals surface area contributed by atoms with Crippen molar-refractivity contribution in [2.24, 2.45) is 0 Å².